The van der Waals surface area contributed by atoms with Gasteiger partial charge in [0.05, 0.1) is 13.0 Å². The van der Waals surface area contributed by atoms with Crippen molar-refractivity contribution in [3.8, 4) is 11.5 Å². The van der Waals surface area contributed by atoms with Gasteiger partial charge in [-0.2, -0.15) is 0 Å². The zero-order valence-corrected chi connectivity index (χ0v) is 13.3. The van der Waals surface area contributed by atoms with Crippen LogP contribution in [0.1, 0.15) is 6.42 Å². The van der Waals surface area contributed by atoms with Crippen molar-refractivity contribution >= 4 is 34.3 Å². The van der Waals surface area contributed by atoms with Crippen molar-refractivity contribution in [3.63, 3.8) is 0 Å². The molecule has 5 nitrogen and oxygen atoms in total. The van der Waals surface area contributed by atoms with E-state index in [0.717, 1.165) is 5.56 Å². The van der Waals surface area contributed by atoms with Gasteiger partial charge in [0.15, 0.2) is 5.58 Å². The van der Waals surface area contributed by atoms with E-state index < -0.39 is 0 Å². The molecule has 0 aliphatic heterocycles. The van der Waals surface area contributed by atoms with E-state index in [9.17, 15) is 4.79 Å². The number of oxazole rings is 1. The minimum absolute atomic E-state index is 0.104. The number of benzene rings is 2. The molecule has 1 heterocycles. The molecule has 0 saturated heterocycles. The molecule has 1 amide bonds. The molecule has 1 aromatic heterocycles. The summed E-state index contributed by atoms with van der Waals surface area (Å²) in [4.78, 5) is 16.2. The summed E-state index contributed by atoms with van der Waals surface area (Å²) in [6.07, 6.45) is 0.309. The van der Waals surface area contributed by atoms with Gasteiger partial charge in [0.25, 0.3) is 0 Å². The van der Waals surface area contributed by atoms with Gasteiger partial charge in [-0.1, -0.05) is 11.6 Å². The third-order valence-electron chi connectivity index (χ3n) is 3.30. The highest BCUT2D eigenvalue weighted by Gasteiger charge is 2.10. The zero-order valence-electron chi connectivity index (χ0n) is 12.5. The number of carbonyl (C=O) groups excluding carboxylic acids is 1. The van der Waals surface area contributed by atoms with Crippen LogP contribution in [0.15, 0.2) is 46.9 Å². The van der Waals surface area contributed by atoms with E-state index in [-0.39, 0.29) is 5.91 Å². The third kappa shape index (κ3) is 3.70. The first kappa shape index (κ1) is 15.5. The van der Waals surface area contributed by atoms with Gasteiger partial charge in [0.1, 0.15) is 5.52 Å². The van der Waals surface area contributed by atoms with Crippen molar-refractivity contribution < 1.29 is 13.9 Å². The van der Waals surface area contributed by atoms with Gasteiger partial charge < -0.3 is 14.5 Å². The SMILES string of the molecule is COCCC(=O)Nc1ccc2oc(-c3ccc(Cl)cc3)nc2c1. The summed E-state index contributed by atoms with van der Waals surface area (Å²) in [5.41, 5.74) is 2.86. The number of hydrogen-bond acceptors (Lipinski definition) is 4. The molecule has 0 saturated carbocycles. The van der Waals surface area contributed by atoms with Crippen LogP contribution in [-0.4, -0.2) is 24.6 Å². The second-order valence-electron chi connectivity index (χ2n) is 5.00. The molecule has 118 valence electrons. The Morgan fingerprint density at radius 2 is 2.04 bits per heavy atom. The van der Waals surface area contributed by atoms with Crippen molar-refractivity contribution in [2.75, 3.05) is 19.0 Å². The fraction of sp³-hybridized carbons (Fsp3) is 0.176. The summed E-state index contributed by atoms with van der Waals surface area (Å²) in [5, 5.41) is 3.47. The van der Waals surface area contributed by atoms with Crippen LogP contribution >= 0.6 is 11.6 Å². The van der Waals surface area contributed by atoms with E-state index >= 15 is 0 Å². The number of anilines is 1. The van der Waals surface area contributed by atoms with E-state index in [4.69, 9.17) is 20.8 Å². The number of nitrogens with zero attached hydrogens (tertiary/aromatic N) is 1. The van der Waals surface area contributed by atoms with Crippen LogP contribution in [0.4, 0.5) is 5.69 Å². The van der Waals surface area contributed by atoms with Crippen LogP contribution < -0.4 is 5.32 Å². The summed E-state index contributed by atoms with van der Waals surface area (Å²) in [6.45, 7) is 0.388. The monoisotopic (exact) mass is 330 g/mol. The van der Waals surface area contributed by atoms with E-state index in [0.29, 0.717) is 40.7 Å². The van der Waals surface area contributed by atoms with Crippen LogP contribution in [0.5, 0.6) is 0 Å². The Morgan fingerprint density at radius 1 is 1.26 bits per heavy atom. The van der Waals surface area contributed by atoms with Crippen LogP contribution in [0.3, 0.4) is 0 Å². The smallest absolute Gasteiger partial charge is 0.227 e. The van der Waals surface area contributed by atoms with Crippen molar-refractivity contribution in [2.24, 2.45) is 0 Å². The van der Waals surface area contributed by atoms with Crippen LogP contribution in [0.25, 0.3) is 22.6 Å². The number of ether oxygens (including phenoxy) is 1. The highest BCUT2D eigenvalue weighted by Crippen LogP contribution is 2.27. The molecule has 1 N–H and O–H groups in total. The Labute approximate surface area is 138 Å². The van der Waals surface area contributed by atoms with E-state index in [1.165, 1.54) is 0 Å². The third-order valence-corrected chi connectivity index (χ3v) is 3.55. The molecule has 0 aliphatic rings. The Kier molecular flexibility index (Phi) is 4.60. The number of hydrogen-bond donors (Lipinski definition) is 1. The number of carbonyl (C=O) groups is 1. The molecule has 0 unspecified atom stereocenters. The molecule has 0 atom stereocenters. The van der Waals surface area contributed by atoms with Gasteiger partial charge >= 0.3 is 0 Å². The van der Waals surface area contributed by atoms with Crippen molar-refractivity contribution in [1.29, 1.82) is 0 Å². The predicted molar refractivity (Wildman–Crippen MR) is 89.6 cm³/mol. The molecule has 23 heavy (non-hydrogen) atoms. The number of nitrogens with one attached hydrogen (secondary N) is 1. The molecule has 0 spiro atoms. The number of amides is 1. The van der Waals surface area contributed by atoms with Gasteiger partial charge in [-0.3, -0.25) is 4.79 Å². The molecular formula is C17H15ClN2O3. The lowest BCUT2D eigenvalue weighted by Gasteiger charge is -2.03. The summed E-state index contributed by atoms with van der Waals surface area (Å²) >= 11 is 5.88. The number of methoxy groups -OCH3 is 1. The summed E-state index contributed by atoms with van der Waals surface area (Å²) in [6, 6.07) is 12.6. The molecule has 0 radical (unpaired) electrons. The van der Waals surface area contributed by atoms with Crippen LogP contribution in [-0.2, 0) is 9.53 Å². The van der Waals surface area contributed by atoms with Gasteiger partial charge in [0, 0.05) is 23.4 Å². The second-order valence-corrected chi connectivity index (χ2v) is 5.44. The highest BCUT2D eigenvalue weighted by molar-refractivity contribution is 6.30. The van der Waals surface area contributed by atoms with Crippen LogP contribution in [0.2, 0.25) is 5.02 Å². The van der Waals surface area contributed by atoms with Gasteiger partial charge in [-0.05, 0) is 42.5 Å². The zero-order chi connectivity index (χ0) is 16.2. The normalized spacial score (nSPS) is 10.9. The van der Waals surface area contributed by atoms with Crippen molar-refractivity contribution in [1.82, 2.24) is 4.98 Å². The average Bonchev–Trinajstić information content (AvgIpc) is 2.96. The Morgan fingerprint density at radius 3 is 2.78 bits per heavy atom. The largest absolute Gasteiger partial charge is 0.436 e. The van der Waals surface area contributed by atoms with E-state index in [1.54, 1.807) is 37.4 Å². The van der Waals surface area contributed by atoms with Gasteiger partial charge in [-0.15, -0.1) is 0 Å². The summed E-state index contributed by atoms with van der Waals surface area (Å²) in [5.74, 6) is 0.409. The lowest BCUT2D eigenvalue weighted by Crippen LogP contribution is -2.13. The molecule has 0 fully saturated rings. The Balaban J connectivity index is 1.83. The highest BCUT2D eigenvalue weighted by atomic mass is 35.5. The minimum atomic E-state index is -0.104. The molecule has 3 rings (SSSR count). The summed E-state index contributed by atoms with van der Waals surface area (Å²) in [7, 11) is 1.56. The molecular weight excluding hydrogens is 316 g/mol. The maximum atomic E-state index is 11.7. The maximum absolute atomic E-state index is 11.7. The Bertz CT molecular complexity index is 827. The van der Waals surface area contributed by atoms with Crippen LogP contribution in [0, 0.1) is 0 Å². The molecule has 6 heteroatoms. The van der Waals surface area contributed by atoms with Crippen molar-refractivity contribution in [2.45, 2.75) is 6.42 Å². The molecule has 0 bridgehead atoms. The lowest BCUT2D eigenvalue weighted by atomic mass is 10.2. The Hall–Kier alpha value is -2.37. The first-order valence-electron chi connectivity index (χ1n) is 7.11. The van der Waals surface area contributed by atoms with Crippen molar-refractivity contribution in [3.05, 3.63) is 47.5 Å². The number of halogens is 1. The predicted octanol–water partition coefficient (Wildman–Crippen LogP) is 4.12. The number of aromatic nitrogens is 1. The topological polar surface area (TPSA) is 64.4 Å². The second kappa shape index (κ2) is 6.81. The fourth-order valence-corrected chi connectivity index (χ4v) is 2.27. The quantitative estimate of drug-likeness (QED) is 0.764. The molecule has 3 aromatic rings. The minimum Gasteiger partial charge on any atom is -0.436 e. The van der Waals surface area contributed by atoms with E-state index in [1.807, 2.05) is 12.1 Å². The first-order chi connectivity index (χ1) is 11.2. The summed E-state index contributed by atoms with van der Waals surface area (Å²) < 4.78 is 10.6. The standard InChI is InChI=1S/C17H15ClN2O3/c1-22-9-8-16(21)19-13-6-7-15-14(10-13)20-17(23-15)11-2-4-12(18)5-3-11/h2-7,10H,8-9H2,1H3,(H,19,21). The fourth-order valence-electron chi connectivity index (χ4n) is 2.14. The van der Waals surface area contributed by atoms with E-state index in [2.05, 4.69) is 10.3 Å². The number of rotatable bonds is 5. The van der Waals surface area contributed by atoms with Gasteiger partial charge in [-0.25, -0.2) is 4.98 Å². The molecule has 2 aromatic carbocycles. The first-order valence-corrected chi connectivity index (χ1v) is 7.49. The maximum Gasteiger partial charge on any atom is 0.227 e. The number of fused-ring (bicyclic) bond motifs is 1. The van der Waals surface area contributed by atoms with Gasteiger partial charge in [0.2, 0.25) is 11.8 Å². The molecule has 0 aliphatic carbocycles. The average molecular weight is 331 g/mol. The lowest BCUT2D eigenvalue weighted by molar-refractivity contribution is -0.117.